The molecule has 3 rings (SSSR count). The molecule has 0 amide bonds. The molecule has 0 unspecified atom stereocenters. The SMILES string of the molecule is CNc1nc(Cc2ccc(OC)cc2)nc(C2CC2)c1Br. The fourth-order valence-corrected chi connectivity index (χ4v) is 3.01. The monoisotopic (exact) mass is 347 g/mol. The molecule has 0 radical (unpaired) electrons. The highest BCUT2D eigenvalue weighted by Gasteiger charge is 2.29. The van der Waals surface area contributed by atoms with Gasteiger partial charge in [0.25, 0.3) is 0 Å². The summed E-state index contributed by atoms with van der Waals surface area (Å²) in [5.41, 5.74) is 2.32. The number of hydrogen-bond acceptors (Lipinski definition) is 4. The lowest BCUT2D eigenvalue weighted by Crippen LogP contribution is -2.06. The Morgan fingerprint density at radius 3 is 2.52 bits per heavy atom. The third kappa shape index (κ3) is 3.18. The van der Waals surface area contributed by atoms with Gasteiger partial charge in [-0.1, -0.05) is 12.1 Å². The summed E-state index contributed by atoms with van der Waals surface area (Å²) in [6.07, 6.45) is 3.17. The Morgan fingerprint density at radius 1 is 1.24 bits per heavy atom. The maximum absolute atomic E-state index is 5.18. The van der Waals surface area contributed by atoms with Gasteiger partial charge in [0.1, 0.15) is 17.4 Å². The Morgan fingerprint density at radius 2 is 1.95 bits per heavy atom. The van der Waals surface area contributed by atoms with Gasteiger partial charge in [-0.25, -0.2) is 9.97 Å². The maximum atomic E-state index is 5.18. The summed E-state index contributed by atoms with van der Waals surface area (Å²) in [5, 5.41) is 3.14. The van der Waals surface area contributed by atoms with Crippen LogP contribution in [-0.4, -0.2) is 24.1 Å². The minimum atomic E-state index is 0.587. The van der Waals surface area contributed by atoms with E-state index in [1.165, 1.54) is 18.4 Å². The van der Waals surface area contributed by atoms with Gasteiger partial charge in [-0.2, -0.15) is 0 Å². The first-order chi connectivity index (χ1) is 10.2. The van der Waals surface area contributed by atoms with Crippen molar-refractivity contribution >= 4 is 21.7 Å². The maximum Gasteiger partial charge on any atom is 0.144 e. The number of anilines is 1. The molecule has 110 valence electrons. The summed E-state index contributed by atoms with van der Waals surface area (Å²) in [4.78, 5) is 9.35. The molecule has 21 heavy (non-hydrogen) atoms. The fourth-order valence-electron chi connectivity index (χ4n) is 2.31. The Hall–Kier alpha value is -1.62. The normalized spacial score (nSPS) is 14.0. The van der Waals surface area contributed by atoms with Crippen LogP contribution in [0.15, 0.2) is 28.7 Å². The molecule has 1 aliphatic carbocycles. The van der Waals surface area contributed by atoms with Gasteiger partial charge in [0, 0.05) is 19.4 Å². The molecule has 0 saturated heterocycles. The number of methoxy groups -OCH3 is 1. The Kier molecular flexibility index (Phi) is 4.10. The summed E-state index contributed by atoms with van der Waals surface area (Å²) in [6.45, 7) is 0. The average molecular weight is 348 g/mol. The number of ether oxygens (including phenoxy) is 1. The van der Waals surface area contributed by atoms with Gasteiger partial charge in [0.2, 0.25) is 0 Å². The molecule has 1 aliphatic rings. The highest BCUT2D eigenvalue weighted by molar-refractivity contribution is 9.10. The van der Waals surface area contributed by atoms with E-state index < -0.39 is 0 Å². The zero-order chi connectivity index (χ0) is 14.8. The van der Waals surface area contributed by atoms with E-state index in [1.807, 2.05) is 19.2 Å². The van der Waals surface area contributed by atoms with Gasteiger partial charge in [-0.05, 0) is 46.5 Å². The number of rotatable bonds is 5. The largest absolute Gasteiger partial charge is 0.497 e. The van der Waals surface area contributed by atoms with E-state index in [0.29, 0.717) is 5.92 Å². The van der Waals surface area contributed by atoms with Crippen LogP contribution in [0, 0.1) is 0 Å². The number of halogens is 1. The predicted molar refractivity (Wildman–Crippen MR) is 87.1 cm³/mol. The second kappa shape index (κ2) is 6.02. The van der Waals surface area contributed by atoms with Gasteiger partial charge < -0.3 is 10.1 Å². The molecule has 0 atom stereocenters. The molecule has 1 fully saturated rings. The Balaban J connectivity index is 1.88. The lowest BCUT2D eigenvalue weighted by molar-refractivity contribution is 0.414. The van der Waals surface area contributed by atoms with Crippen LogP contribution in [0.1, 0.15) is 35.8 Å². The van der Waals surface area contributed by atoms with Crippen LogP contribution < -0.4 is 10.1 Å². The van der Waals surface area contributed by atoms with Gasteiger partial charge >= 0.3 is 0 Å². The van der Waals surface area contributed by atoms with Crippen molar-refractivity contribution in [2.45, 2.75) is 25.2 Å². The average Bonchev–Trinajstić information content (AvgIpc) is 3.34. The molecular formula is C16H18BrN3O. The standard InChI is InChI=1S/C16H18BrN3O/c1-18-16-14(17)15(11-5-6-11)19-13(20-16)9-10-3-7-12(21-2)8-4-10/h3-4,7-8,11H,5-6,9H2,1-2H3,(H,18,19,20). The number of nitrogens with zero attached hydrogens (tertiary/aromatic N) is 2. The first kappa shape index (κ1) is 14.3. The zero-order valence-electron chi connectivity index (χ0n) is 12.2. The van der Waals surface area contributed by atoms with E-state index >= 15 is 0 Å². The molecule has 1 heterocycles. The van der Waals surface area contributed by atoms with E-state index in [0.717, 1.165) is 34.0 Å². The van der Waals surface area contributed by atoms with Crippen LogP contribution in [0.3, 0.4) is 0 Å². The smallest absolute Gasteiger partial charge is 0.144 e. The number of benzene rings is 1. The van der Waals surface area contributed by atoms with E-state index in [4.69, 9.17) is 9.72 Å². The first-order valence-corrected chi connectivity index (χ1v) is 7.87. The van der Waals surface area contributed by atoms with Gasteiger partial charge in [-0.3, -0.25) is 0 Å². The minimum Gasteiger partial charge on any atom is -0.497 e. The quantitative estimate of drug-likeness (QED) is 0.894. The summed E-state index contributed by atoms with van der Waals surface area (Å²) >= 11 is 3.62. The Bertz CT molecular complexity index is 639. The molecule has 1 N–H and O–H groups in total. The number of aromatic nitrogens is 2. The van der Waals surface area contributed by atoms with Gasteiger partial charge in [0.05, 0.1) is 17.3 Å². The van der Waals surface area contributed by atoms with Crippen molar-refractivity contribution in [1.29, 1.82) is 0 Å². The molecule has 0 bridgehead atoms. The molecule has 1 aromatic carbocycles. The molecule has 0 aliphatic heterocycles. The summed E-state index contributed by atoms with van der Waals surface area (Å²) < 4.78 is 6.19. The third-order valence-electron chi connectivity index (χ3n) is 3.65. The topological polar surface area (TPSA) is 47.0 Å². The van der Waals surface area contributed by atoms with Gasteiger partial charge in [0.15, 0.2) is 0 Å². The van der Waals surface area contributed by atoms with E-state index in [-0.39, 0.29) is 0 Å². The van der Waals surface area contributed by atoms with Crippen LogP contribution in [0.2, 0.25) is 0 Å². The van der Waals surface area contributed by atoms with Crippen LogP contribution in [0.25, 0.3) is 0 Å². The highest BCUT2D eigenvalue weighted by Crippen LogP contribution is 2.43. The minimum absolute atomic E-state index is 0.587. The van der Waals surface area contributed by atoms with E-state index in [2.05, 4.69) is 38.4 Å². The molecule has 5 heteroatoms. The zero-order valence-corrected chi connectivity index (χ0v) is 13.8. The lowest BCUT2D eigenvalue weighted by Gasteiger charge is -2.11. The molecule has 1 saturated carbocycles. The second-order valence-corrected chi connectivity index (χ2v) is 6.03. The van der Waals surface area contributed by atoms with Crippen LogP contribution in [-0.2, 0) is 6.42 Å². The second-order valence-electron chi connectivity index (χ2n) is 5.24. The fraction of sp³-hybridized carbons (Fsp3) is 0.375. The predicted octanol–water partition coefficient (Wildman–Crippen LogP) is 3.76. The van der Waals surface area contributed by atoms with Crippen LogP contribution in [0.4, 0.5) is 5.82 Å². The molecule has 0 spiro atoms. The summed E-state index contributed by atoms with van der Waals surface area (Å²) in [7, 11) is 3.56. The summed E-state index contributed by atoms with van der Waals surface area (Å²) in [5.74, 6) is 3.18. The number of nitrogens with one attached hydrogen (secondary N) is 1. The van der Waals surface area contributed by atoms with Crippen molar-refractivity contribution in [3.8, 4) is 5.75 Å². The van der Waals surface area contributed by atoms with Crippen LogP contribution in [0.5, 0.6) is 5.75 Å². The van der Waals surface area contributed by atoms with Crippen molar-refractivity contribution in [3.05, 3.63) is 45.8 Å². The van der Waals surface area contributed by atoms with Crippen molar-refractivity contribution in [1.82, 2.24) is 9.97 Å². The van der Waals surface area contributed by atoms with E-state index in [1.54, 1.807) is 7.11 Å². The van der Waals surface area contributed by atoms with Crippen molar-refractivity contribution in [2.24, 2.45) is 0 Å². The molecule has 2 aromatic rings. The molecule has 4 nitrogen and oxygen atoms in total. The molecular weight excluding hydrogens is 330 g/mol. The summed E-state index contributed by atoms with van der Waals surface area (Å²) in [6, 6.07) is 8.05. The molecule has 1 aromatic heterocycles. The Labute approximate surface area is 133 Å². The lowest BCUT2D eigenvalue weighted by atomic mass is 10.1. The van der Waals surface area contributed by atoms with Crippen molar-refractivity contribution in [2.75, 3.05) is 19.5 Å². The third-order valence-corrected chi connectivity index (χ3v) is 4.43. The van der Waals surface area contributed by atoms with E-state index in [9.17, 15) is 0 Å². The van der Waals surface area contributed by atoms with Crippen molar-refractivity contribution < 1.29 is 4.74 Å². The van der Waals surface area contributed by atoms with Crippen LogP contribution >= 0.6 is 15.9 Å². The first-order valence-electron chi connectivity index (χ1n) is 7.08. The highest BCUT2D eigenvalue weighted by atomic mass is 79.9. The van der Waals surface area contributed by atoms with Crippen molar-refractivity contribution in [3.63, 3.8) is 0 Å². The number of hydrogen-bond donors (Lipinski definition) is 1. The van der Waals surface area contributed by atoms with Gasteiger partial charge in [-0.15, -0.1) is 0 Å².